The summed E-state index contributed by atoms with van der Waals surface area (Å²) in [7, 11) is 0. The number of nitrogens with one attached hydrogen (secondary N) is 1. The van der Waals surface area contributed by atoms with Crippen molar-refractivity contribution in [3.8, 4) is 0 Å². The third kappa shape index (κ3) is 1.87. The van der Waals surface area contributed by atoms with Crippen LogP contribution in [0, 0.1) is 0 Å². The highest BCUT2D eigenvalue weighted by atomic mass is 35.5. The number of hydrogen-bond donors (Lipinski definition) is 2. The zero-order chi connectivity index (χ0) is 12.7. The molecule has 0 saturated heterocycles. The molecule has 2 N–H and O–H groups in total. The van der Waals surface area contributed by atoms with Crippen LogP contribution in [0.2, 0.25) is 10.0 Å². The van der Waals surface area contributed by atoms with Gasteiger partial charge in [0.1, 0.15) is 0 Å². The fraction of sp³-hybridized carbons (Fsp3) is 0.143. The van der Waals surface area contributed by atoms with Gasteiger partial charge in [-0.05, 0) is 41.5 Å². The summed E-state index contributed by atoms with van der Waals surface area (Å²) in [6.07, 6.45) is 0. The van der Waals surface area contributed by atoms with Gasteiger partial charge in [0.15, 0.2) is 0 Å². The van der Waals surface area contributed by atoms with Gasteiger partial charge in [-0.25, -0.2) is 0 Å². The molecule has 92 valence electrons. The van der Waals surface area contributed by atoms with Gasteiger partial charge in [-0.15, -0.1) is 0 Å². The SMILES string of the molecule is OCC1c2ccc(Cl)cc2Nc2ccc(Cl)cc21. The molecule has 0 aromatic heterocycles. The van der Waals surface area contributed by atoms with Crippen LogP contribution in [0.15, 0.2) is 36.4 Å². The number of aliphatic hydroxyl groups excluding tert-OH is 1. The van der Waals surface area contributed by atoms with Crippen molar-refractivity contribution in [2.45, 2.75) is 5.92 Å². The highest BCUT2D eigenvalue weighted by molar-refractivity contribution is 6.31. The van der Waals surface area contributed by atoms with Gasteiger partial charge in [0.05, 0.1) is 6.61 Å². The standard InChI is InChI=1S/C14H11Cl2NO/c15-8-2-4-13-11(5-8)12(7-18)10-3-1-9(16)6-14(10)17-13/h1-6,12,17-18H,7H2. The summed E-state index contributed by atoms with van der Waals surface area (Å²) in [6, 6.07) is 11.3. The lowest BCUT2D eigenvalue weighted by Gasteiger charge is -2.28. The Morgan fingerprint density at radius 2 is 1.67 bits per heavy atom. The number of halogens is 2. The molecule has 2 aromatic carbocycles. The fourth-order valence-electron chi connectivity index (χ4n) is 2.39. The number of rotatable bonds is 1. The van der Waals surface area contributed by atoms with Crippen LogP contribution in [-0.2, 0) is 0 Å². The van der Waals surface area contributed by atoms with Gasteiger partial charge in [-0.2, -0.15) is 0 Å². The predicted octanol–water partition coefficient (Wildman–Crippen LogP) is 4.17. The van der Waals surface area contributed by atoms with Crippen LogP contribution in [-0.4, -0.2) is 11.7 Å². The third-order valence-electron chi connectivity index (χ3n) is 3.23. The first-order valence-corrected chi connectivity index (χ1v) is 6.41. The molecule has 0 spiro atoms. The molecule has 0 saturated carbocycles. The number of benzene rings is 2. The monoisotopic (exact) mass is 279 g/mol. The summed E-state index contributed by atoms with van der Waals surface area (Å²) in [5.41, 5.74) is 3.96. The van der Waals surface area contributed by atoms with Crippen LogP contribution in [0.4, 0.5) is 11.4 Å². The van der Waals surface area contributed by atoms with Crippen LogP contribution >= 0.6 is 23.2 Å². The van der Waals surface area contributed by atoms with Crippen LogP contribution in [0.1, 0.15) is 17.0 Å². The average molecular weight is 280 g/mol. The fourth-order valence-corrected chi connectivity index (χ4v) is 2.74. The van der Waals surface area contributed by atoms with Gasteiger partial charge in [0.25, 0.3) is 0 Å². The minimum absolute atomic E-state index is 0.0453. The molecule has 0 radical (unpaired) electrons. The maximum atomic E-state index is 9.64. The third-order valence-corrected chi connectivity index (χ3v) is 3.70. The number of anilines is 2. The van der Waals surface area contributed by atoms with E-state index in [0.29, 0.717) is 10.0 Å². The molecular formula is C14H11Cl2NO. The molecule has 0 aliphatic carbocycles. The van der Waals surface area contributed by atoms with Crippen LogP contribution in [0.5, 0.6) is 0 Å². The maximum absolute atomic E-state index is 9.64. The van der Waals surface area contributed by atoms with E-state index < -0.39 is 0 Å². The van der Waals surface area contributed by atoms with Crippen LogP contribution < -0.4 is 5.32 Å². The van der Waals surface area contributed by atoms with Crippen molar-refractivity contribution in [1.82, 2.24) is 0 Å². The highest BCUT2D eigenvalue weighted by Gasteiger charge is 2.25. The molecule has 0 fully saturated rings. The van der Waals surface area contributed by atoms with Crippen molar-refractivity contribution in [2.24, 2.45) is 0 Å². The molecule has 1 heterocycles. The van der Waals surface area contributed by atoms with Crippen molar-refractivity contribution in [2.75, 3.05) is 11.9 Å². The minimum atomic E-state index is -0.0628. The van der Waals surface area contributed by atoms with Gasteiger partial charge < -0.3 is 10.4 Å². The summed E-state index contributed by atoms with van der Waals surface area (Å²) in [4.78, 5) is 0. The second-order valence-corrected chi connectivity index (χ2v) is 5.20. The minimum Gasteiger partial charge on any atom is -0.395 e. The molecule has 18 heavy (non-hydrogen) atoms. The van der Waals surface area contributed by atoms with Crippen LogP contribution in [0.3, 0.4) is 0 Å². The Labute approximate surface area is 115 Å². The lowest BCUT2D eigenvalue weighted by Crippen LogP contribution is -2.15. The molecule has 4 heteroatoms. The first-order chi connectivity index (χ1) is 8.69. The first-order valence-electron chi connectivity index (χ1n) is 5.66. The Hall–Kier alpha value is -1.22. The van der Waals surface area contributed by atoms with E-state index in [1.54, 1.807) is 0 Å². The Kier molecular flexibility index (Phi) is 2.94. The highest BCUT2D eigenvalue weighted by Crippen LogP contribution is 2.42. The zero-order valence-electron chi connectivity index (χ0n) is 9.45. The van der Waals surface area contributed by atoms with E-state index in [9.17, 15) is 5.11 Å². The van der Waals surface area contributed by atoms with E-state index in [-0.39, 0.29) is 12.5 Å². The molecule has 3 rings (SSSR count). The number of fused-ring (bicyclic) bond motifs is 2. The summed E-state index contributed by atoms with van der Waals surface area (Å²) >= 11 is 12.0. The molecule has 0 bridgehead atoms. The van der Waals surface area contributed by atoms with E-state index in [2.05, 4.69) is 5.32 Å². The molecule has 1 aliphatic heterocycles. The van der Waals surface area contributed by atoms with Crippen molar-refractivity contribution in [3.63, 3.8) is 0 Å². The van der Waals surface area contributed by atoms with Crippen molar-refractivity contribution in [3.05, 3.63) is 57.6 Å². The van der Waals surface area contributed by atoms with Gasteiger partial charge in [0.2, 0.25) is 0 Å². The Balaban J connectivity index is 2.18. The molecular weight excluding hydrogens is 269 g/mol. The average Bonchev–Trinajstić information content (AvgIpc) is 2.36. The van der Waals surface area contributed by atoms with Gasteiger partial charge in [0, 0.05) is 27.3 Å². The normalized spacial score (nSPS) is 16.7. The van der Waals surface area contributed by atoms with Crippen molar-refractivity contribution >= 4 is 34.6 Å². The second-order valence-electron chi connectivity index (χ2n) is 4.32. The Morgan fingerprint density at radius 1 is 0.944 bits per heavy atom. The first kappa shape index (κ1) is 11.8. The van der Waals surface area contributed by atoms with E-state index >= 15 is 0 Å². The molecule has 1 atom stereocenters. The van der Waals surface area contributed by atoms with Crippen molar-refractivity contribution in [1.29, 1.82) is 0 Å². The molecule has 1 aliphatic rings. The molecule has 2 nitrogen and oxygen atoms in total. The lowest BCUT2D eigenvalue weighted by atomic mass is 9.86. The topological polar surface area (TPSA) is 32.3 Å². The summed E-state index contributed by atoms with van der Waals surface area (Å²) in [6.45, 7) is 0.0453. The van der Waals surface area contributed by atoms with Crippen LogP contribution in [0.25, 0.3) is 0 Å². The molecule has 2 aromatic rings. The summed E-state index contributed by atoms with van der Waals surface area (Å²) in [5.74, 6) is -0.0628. The van der Waals surface area contributed by atoms with E-state index in [1.165, 1.54) is 0 Å². The number of hydrogen-bond acceptors (Lipinski definition) is 2. The predicted molar refractivity (Wildman–Crippen MR) is 75.1 cm³/mol. The number of aliphatic hydroxyl groups is 1. The lowest BCUT2D eigenvalue weighted by molar-refractivity contribution is 0.280. The summed E-state index contributed by atoms with van der Waals surface area (Å²) in [5, 5.41) is 14.3. The zero-order valence-corrected chi connectivity index (χ0v) is 11.0. The molecule has 0 amide bonds. The summed E-state index contributed by atoms with van der Waals surface area (Å²) < 4.78 is 0. The second kappa shape index (κ2) is 4.47. The van der Waals surface area contributed by atoms with E-state index in [0.717, 1.165) is 22.5 Å². The van der Waals surface area contributed by atoms with E-state index in [1.807, 2.05) is 36.4 Å². The van der Waals surface area contributed by atoms with Crippen molar-refractivity contribution < 1.29 is 5.11 Å². The largest absolute Gasteiger partial charge is 0.395 e. The Bertz CT molecular complexity index is 613. The van der Waals surface area contributed by atoms with E-state index in [4.69, 9.17) is 23.2 Å². The van der Waals surface area contributed by atoms with Gasteiger partial charge in [-0.3, -0.25) is 0 Å². The quantitative estimate of drug-likeness (QED) is 0.821. The van der Waals surface area contributed by atoms with Gasteiger partial charge >= 0.3 is 0 Å². The smallest absolute Gasteiger partial charge is 0.0542 e. The van der Waals surface area contributed by atoms with Gasteiger partial charge in [-0.1, -0.05) is 29.3 Å². The maximum Gasteiger partial charge on any atom is 0.0542 e. The Morgan fingerprint density at radius 3 is 2.44 bits per heavy atom. The molecule has 1 unspecified atom stereocenters.